The maximum absolute atomic E-state index is 9.34. The van der Waals surface area contributed by atoms with Crippen molar-refractivity contribution in [2.45, 2.75) is 19.1 Å². The zero-order valence-electron chi connectivity index (χ0n) is 9.06. The van der Waals surface area contributed by atoms with Crippen LogP contribution in [0, 0.1) is 0 Å². The highest BCUT2D eigenvalue weighted by molar-refractivity contribution is 5.13. The monoisotopic (exact) mass is 210 g/mol. The number of aliphatic hydroxyl groups is 1. The Kier molecular flexibility index (Phi) is 6.00. The summed E-state index contributed by atoms with van der Waals surface area (Å²) in [5.74, 6) is 0. The van der Waals surface area contributed by atoms with Gasteiger partial charge >= 0.3 is 0 Å². The highest BCUT2D eigenvalue weighted by Crippen LogP contribution is 2.01. The van der Waals surface area contributed by atoms with Crippen LogP contribution in [0.25, 0.3) is 0 Å². The van der Waals surface area contributed by atoms with Crippen LogP contribution in [-0.2, 0) is 16.1 Å². The van der Waals surface area contributed by atoms with Gasteiger partial charge in [-0.15, -0.1) is 0 Å². The Morgan fingerprint density at radius 1 is 1.27 bits per heavy atom. The number of benzene rings is 1. The number of aliphatic hydroxyl groups excluding tert-OH is 1. The van der Waals surface area contributed by atoms with E-state index in [1.165, 1.54) is 0 Å². The minimum Gasteiger partial charge on any atom is -0.391 e. The molecule has 0 fully saturated rings. The van der Waals surface area contributed by atoms with Gasteiger partial charge in [0, 0.05) is 13.7 Å². The van der Waals surface area contributed by atoms with Gasteiger partial charge in [0.25, 0.3) is 0 Å². The van der Waals surface area contributed by atoms with Crippen LogP contribution in [-0.4, -0.2) is 31.5 Å². The molecule has 0 spiro atoms. The van der Waals surface area contributed by atoms with Crippen LogP contribution < -0.4 is 0 Å². The van der Waals surface area contributed by atoms with Gasteiger partial charge in [0.2, 0.25) is 0 Å². The van der Waals surface area contributed by atoms with Gasteiger partial charge in [-0.3, -0.25) is 0 Å². The van der Waals surface area contributed by atoms with Crippen LogP contribution in [0.5, 0.6) is 0 Å². The van der Waals surface area contributed by atoms with Crippen molar-refractivity contribution in [1.82, 2.24) is 0 Å². The highest BCUT2D eigenvalue weighted by Gasteiger charge is 2.02. The Balaban J connectivity index is 2.07. The maximum atomic E-state index is 9.34. The van der Waals surface area contributed by atoms with E-state index >= 15 is 0 Å². The van der Waals surface area contributed by atoms with E-state index in [4.69, 9.17) is 9.47 Å². The van der Waals surface area contributed by atoms with Crippen molar-refractivity contribution in [3.8, 4) is 0 Å². The van der Waals surface area contributed by atoms with Crippen LogP contribution in [0.3, 0.4) is 0 Å². The van der Waals surface area contributed by atoms with Gasteiger partial charge in [0.15, 0.2) is 0 Å². The largest absolute Gasteiger partial charge is 0.391 e. The molecule has 0 bridgehead atoms. The first kappa shape index (κ1) is 12.2. The quantitative estimate of drug-likeness (QED) is 0.695. The Morgan fingerprint density at radius 2 is 2.00 bits per heavy atom. The van der Waals surface area contributed by atoms with Crippen LogP contribution in [0.4, 0.5) is 0 Å². The van der Waals surface area contributed by atoms with Crippen LogP contribution in [0.2, 0.25) is 0 Å². The average Bonchev–Trinajstić information content (AvgIpc) is 2.26. The Hall–Kier alpha value is -0.900. The van der Waals surface area contributed by atoms with Gasteiger partial charge < -0.3 is 14.6 Å². The number of methoxy groups -OCH3 is 1. The Bertz CT molecular complexity index is 248. The first-order chi connectivity index (χ1) is 7.33. The standard InChI is InChI=1S/C12H18O3/c1-14-10-12(13)7-8-15-9-11-5-3-2-4-6-11/h2-6,12-13H,7-10H2,1H3/t12-/m0/s1. The molecule has 0 unspecified atom stereocenters. The molecule has 1 atom stereocenters. The van der Waals surface area contributed by atoms with E-state index in [9.17, 15) is 5.11 Å². The maximum Gasteiger partial charge on any atom is 0.0795 e. The van der Waals surface area contributed by atoms with Crippen molar-refractivity contribution < 1.29 is 14.6 Å². The number of hydrogen-bond donors (Lipinski definition) is 1. The van der Waals surface area contributed by atoms with Gasteiger partial charge in [-0.1, -0.05) is 30.3 Å². The molecule has 1 N–H and O–H groups in total. The Morgan fingerprint density at radius 3 is 2.67 bits per heavy atom. The molecule has 0 aliphatic carbocycles. The predicted octanol–water partition coefficient (Wildman–Crippen LogP) is 1.60. The summed E-state index contributed by atoms with van der Waals surface area (Å²) in [7, 11) is 1.58. The normalized spacial score (nSPS) is 12.7. The molecule has 0 aliphatic rings. The number of ether oxygens (including phenoxy) is 2. The van der Waals surface area contributed by atoms with Gasteiger partial charge in [-0.2, -0.15) is 0 Å². The van der Waals surface area contributed by atoms with Gasteiger partial charge in [0.1, 0.15) is 0 Å². The predicted molar refractivity (Wildman–Crippen MR) is 58.6 cm³/mol. The third-order valence-corrected chi connectivity index (χ3v) is 2.07. The molecule has 1 aromatic carbocycles. The van der Waals surface area contributed by atoms with Crippen molar-refractivity contribution in [1.29, 1.82) is 0 Å². The van der Waals surface area contributed by atoms with Crippen LogP contribution >= 0.6 is 0 Å². The minimum absolute atomic E-state index is 0.370. The van der Waals surface area contributed by atoms with E-state index in [1.807, 2.05) is 30.3 Å². The molecule has 0 aromatic heterocycles. The second kappa shape index (κ2) is 7.40. The van der Waals surface area contributed by atoms with Crippen molar-refractivity contribution in [3.05, 3.63) is 35.9 Å². The fourth-order valence-electron chi connectivity index (χ4n) is 1.26. The lowest BCUT2D eigenvalue weighted by molar-refractivity contribution is 0.0282. The fraction of sp³-hybridized carbons (Fsp3) is 0.500. The van der Waals surface area contributed by atoms with Crippen molar-refractivity contribution in [2.75, 3.05) is 20.3 Å². The van der Waals surface area contributed by atoms with Crippen molar-refractivity contribution >= 4 is 0 Å². The zero-order valence-corrected chi connectivity index (χ0v) is 9.06. The molecule has 3 heteroatoms. The lowest BCUT2D eigenvalue weighted by Crippen LogP contribution is -2.16. The molecule has 0 aliphatic heterocycles. The summed E-state index contributed by atoms with van der Waals surface area (Å²) in [5, 5.41) is 9.34. The van der Waals surface area contributed by atoms with Gasteiger partial charge in [0.05, 0.1) is 19.3 Å². The van der Waals surface area contributed by atoms with E-state index in [1.54, 1.807) is 7.11 Å². The molecule has 15 heavy (non-hydrogen) atoms. The smallest absolute Gasteiger partial charge is 0.0795 e. The molecule has 0 heterocycles. The SMILES string of the molecule is COC[C@@H](O)CCOCc1ccccc1. The molecule has 0 radical (unpaired) electrons. The molecule has 3 nitrogen and oxygen atoms in total. The summed E-state index contributed by atoms with van der Waals surface area (Å²) >= 11 is 0. The van der Waals surface area contributed by atoms with Crippen LogP contribution in [0.15, 0.2) is 30.3 Å². The molecule has 0 amide bonds. The first-order valence-electron chi connectivity index (χ1n) is 5.11. The number of hydrogen-bond acceptors (Lipinski definition) is 3. The lowest BCUT2D eigenvalue weighted by Gasteiger charge is -2.09. The molecule has 0 saturated heterocycles. The molecule has 84 valence electrons. The first-order valence-corrected chi connectivity index (χ1v) is 5.11. The van der Waals surface area contributed by atoms with Crippen molar-refractivity contribution in [3.63, 3.8) is 0 Å². The van der Waals surface area contributed by atoms with E-state index in [0.29, 0.717) is 26.2 Å². The van der Waals surface area contributed by atoms with E-state index in [-0.39, 0.29) is 0 Å². The van der Waals surface area contributed by atoms with E-state index in [0.717, 1.165) is 5.56 Å². The average molecular weight is 210 g/mol. The summed E-state index contributed by atoms with van der Waals surface area (Å²) in [6, 6.07) is 9.99. The van der Waals surface area contributed by atoms with Gasteiger partial charge in [-0.25, -0.2) is 0 Å². The molecular weight excluding hydrogens is 192 g/mol. The third-order valence-electron chi connectivity index (χ3n) is 2.07. The second-order valence-electron chi connectivity index (χ2n) is 3.44. The third kappa shape index (κ3) is 5.52. The molecule has 1 aromatic rings. The zero-order chi connectivity index (χ0) is 10.9. The topological polar surface area (TPSA) is 38.7 Å². The van der Waals surface area contributed by atoms with Gasteiger partial charge in [-0.05, 0) is 12.0 Å². The summed E-state index contributed by atoms with van der Waals surface area (Å²) in [6.07, 6.45) is 0.187. The lowest BCUT2D eigenvalue weighted by atomic mass is 10.2. The second-order valence-corrected chi connectivity index (χ2v) is 3.44. The minimum atomic E-state index is -0.425. The highest BCUT2D eigenvalue weighted by atomic mass is 16.5. The molecule has 0 saturated carbocycles. The summed E-state index contributed by atoms with van der Waals surface area (Å²) in [4.78, 5) is 0. The summed E-state index contributed by atoms with van der Waals surface area (Å²) in [5.41, 5.74) is 1.15. The Labute approximate surface area is 90.6 Å². The summed E-state index contributed by atoms with van der Waals surface area (Å²) in [6.45, 7) is 1.52. The van der Waals surface area contributed by atoms with E-state index < -0.39 is 6.10 Å². The molecular formula is C12H18O3. The molecule has 1 rings (SSSR count). The summed E-state index contributed by atoms with van der Waals surface area (Å²) < 4.78 is 10.2. The fourth-order valence-corrected chi connectivity index (χ4v) is 1.26. The van der Waals surface area contributed by atoms with Crippen LogP contribution in [0.1, 0.15) is 12.0 Å². The van der Waals surface area contributed by atoms with E-state index in [2.05, 4.69) is 0 Å². The number of rotatable bonds is 7. The van der Waals surface area contributed by atoms with Crippen molar-refractivity contribution in [2.24, 2.45) is 0 Å².